The number of unbranched alkanes of at least 4 members (excludes halogenated alkanes) is 4. The average molecular weight is 434 g/mol. The number of halogens is 1. The Hall–Kier alpha value is -2.01. The number of rotatable bonds is 11. The van der Waals surface area contributed by atoms with Crippen LogP contribution in [0.25, 0.3) is 0 Å². The SMILES string of the molecule is CCCCCCCOc1cccc(NC(=O)COc2ccc(Br)c(C)c2)c1. The zero-order chi connectivity index (χ0) is 19.5. The Morgan fingerprint density at radius 3 is 2.56 bits per heavy atom. The van der Waals surface area contributed by atoms with Crippen molar-refractivity contribution in [3.8, 4) is 11.5 Å². The molecule has 146 valence electrons. The van der Waals surface area contributed by atoms with Gasteiger partial charge < -0.3 is 14.8 Å². The monoisotopic (exact) mass is 433 g/mol. The van der Waals surface area contributed by atoms with Crippen molar-refractivity contribution in [2.45, 2.75) is 46.0 Å². The third-order valence-corrected chi connectivity index (χ3v) is 5.02. The third-order valence-electron chi connectivity index (χ3n) is 4.13. The molecule has 0 fully saturated rings. The summed E-state index contributed by atoms with van der Waals surface area (Å²) in [4.78, 5) is 12.1. The minimum Gasteiger partial charge on any atom is -0.494 e. The molecule has 4 nitrogen and oxygen atoms in total. The van der Waals surface area contributed by atoms with Crippen LogP contribution >= 0.6 is 15.9 Å². The Morgan fingerprint density at radius 2 is 1.78 bits per heavy atom. The van der Waals surface area contributed by atoms with Crippen molar-refractivity contribution in [1.29, 1.82) is 0 Å². The van der Waals surface area contributed by atoms with Crippen LogP contribution in [-0.2, 0) is 4.79 Å². The van der Waals surface area contributed by atoms with Gasteiger partial charge in [0.15, 0.2) is 6.61 Å². The molecule has 0 aromatic heterocycles. The van der Waals surface area contributed by atoms with Gasteiger partial charge in [-0.2, -0.15) is 0 Å². The van der Waals surface area contributed by atoms with E-state index < -0.39 is 0 Å². The maximum absolute atomic E-state index is 12.1. The van der Waals surface area contributed by atoms with Gasteiger partial charge in [-0.3, -0.25) is 4.79 Å². The number of hydrogen-bond acceptors (Lipinski definition) is 3. The predicted molar refractivity (Wildman–Crippen MR) is 114 cm³/mol. The molecule has 5 heteroatoms. The average Bonchev–Trinajstić information content (AvgIpc) is 2.66. The van der Waals surface area contributed by atoms with Gasteiger partial charge in [-0.15, -0.1) is 0 Å². The highest BCUT2D eigenvalue weighted by molar-refractivity contribution is 9.10. The number of ether oxygens (including phenoxy) is 2. The van der Waals surface area contributed by atoms with E-state index >= 15 is 0 Å². The Bertz CT molecular complexity index is 733. The molecule has 2 aromatic rings. The normalized spacial score (nSPS) is 10.5. The van der Waals surface area contributed by atoms with Crippen molar-refractivity contribution in [2.24, 2.45) is 0 Å². The quantitative estimate of drug-likeness (QED) is 0.433. The van der Waals surface area contributed by atoms with E-state index in [-0.39, 0.29) is 12.5 Å². The molecule has 0 saturated heterocycles. The van der Waals surface area contributed by atoms with Crippen LogP contribution in [0.3, 0.4) is 0 Å². The molecule has 0 radical (unpaired) electrons. The second-order valence-corrected chi connectivity index (χ2v) is 7.39. The first-order valence-electron chi connectivity index (χ1n) is 9.50. The maximum atomic E-state index is 12.1. The minimum absolute atomic E-state index is 0.0381. The molecule has 0 aliphatic heterocycles. The van der Waals surface area contributed by atoms with E-state index in [1.807, 2.05) is 49.4 Å². The predicted octanol–water partition coefficient (Wildman–Crippen LogP) is 6.12. The molecule has 0 atom stereocenters. The van der Waals surface area contributed by atoms with Gasteiger partial charge in [0, 0.05) is 16.2 Å². The summed E-state index contributed by atoms with van der Waals surface area (Å²) in [6.45, 7) is 4.85. The van der Waals surface area contributed by atoms with Crippen LogP contribution in [-0.4, -0.2) is 19.1 Å². The molecule has 0 spiro atoms. The highest BCUT2D eigenvalue weighted by Crippen LogP contribution is 2.22. The highest BCUT2D eigenvalue weighted by atomic mass is 79.9. The number of carbonyl (C=O) groups excluding carboxylic acids is 1. The molecular weight excluding hydrogens is 406 g/mol. The lowest BCUT2D eigenvalue weighted by Gasteiger charge is -2.10. The van der Waals surface area contributed by atoms with Crippen LogP contribution < -0.4 is 14.8 Å². The fourth-order valence-electron chi connectivity index (χ4n) is 2.61. The van der Waals surface area contributed by atoms with Gasteiger partial charge in [0.1, 0.15) is 11.5 Å². The summed E-state index contributed by atoms with van der Waals surface area (Å²) in [6.07, 6.45) is 6.03. The van der Waals surface area contributed by atoms with Crippen molar-refractivity contribution in [3.63, 3.8) is 0 Å². The fourth-order valence-corrected chi connectivity index (χ4v) is 2.86. The minimum atomic E-state index is -0.202. The van der Waals surface area contributed by atoms with Crippen molar-refractivity contribution in [3.05, 3.63) is 52.5 Å². The van der Waals surface area contributed by atoms with Gasteiger partial charge >= 0.3 is 0 Å². The van der Waals surface area contributed by atoms with Gasteiger partial charge in [0.25, 0.3) is 5.91 Å². The molecule has 0 saturated carbocycles. The third kappa shape index (κ3) is 8.04. The second-order valence-electron chi connectivity index (χ2n) is 6.54. The largest absolute Gasteiger partial charge is 0.494 e. The van der Waals surface area contributed by atoms with E-state index in [2.05, 4.69) is 28.2 Å². The first-order chi connectivity index (χ1) is 13.1. The first kappa shape index (κ1) is 21.3. The number of amides is 1. The highest BCUT2D eigenvalue weighted by Gasteiger charge is 2.06. The second kappa shape index (κ2) is 11.7. The van der Waals surface area contributed by atoms with Gasteiger partial charge in [-0.25, -0.2) is 0 Å². The molecule has 1 amide bonds. The van der Waals surface area contributed by atoms with Crippen LogP contribution in [0.2, 0.25) is 0 Å². The lowest BCUT2D eigenvalue weighted by atomic mass is 10.2. The number of hydrogen-bond donors (Lipinski definition) is 1. The molecular formula is C22H28BrNO3. The number of benzene rings is 2. The molecule has 0 unspecified atom stereocenters. The Morgan fingerprint density at radius 1 is 1.00 bits per heavy atom. The lowest BCUT2D eigenvalue weighted by molar-refractivity contribution is -0.118. The van der Waals surface area contributed by atoms with Gasteiger partial charge in [-0.1, -0.05) is 54.6 Å². The zero-order valence-electron chi connectivity index (χ0n) is 16.1. The van der Waals surface area contributed by atoms with E-state index in [1.165, 1.54) is 25.7 Å². The van der Waals surface area contributed by atoms with Crippen LogP contribution in [0, 0.1) is 6.92 Å². The molecule has 0 aliphatic carbocycles. The van der Waals surface area contributed by atoms with E-state index in [1.54, 1.807) is 0 Å². The van der Waals surface area contributed by atoms with E-state index in [9.17, 15) is 4.79 Å². The van der Waals surface area contributed by atoms with Crippen LogP contribution in [0.5, 0.6) is 11.5 Å². The van der Waals surface area contributed by atoms with Crippen molar-refractivity contribution < 1.29 is 14.3 Å². The summed E-state index contributed by atoms with van der Waals surface area (Å²) >= 11 is 3.45. The van der Waals surface area contributed by atoms with Crippen LogP contribution in [0.15, 0.2) is 46.9 Å². The molecule has 0 bridgehead atoms. The summed E-state index contributed by atoms with van der Waals surface area (Å²) in [5.74, 6) is 1.24. The summed E-state index contributed by atoms with van der Waals surface area (Å²) < 4.78 is 12.3. The molecule has 1 N–H and O–H groups in total. The standard InChI is InChI=1S/C22H28BrNO3/c1-3-4-5-6-7-13-26-19-10-8-9-18(15-19)24-22(25)16-27-20-11-12-21(23)17(2)14-20/h8-12,14-15H,3-7,13,16H2,1-2H3,(H,24,25). The van der Waals surface area contributed by atoms with Crippen molar-refractivity contribution in [1.82, 2.24) is 0 Å². The van der Waals surface area contributed by atoms with Crippen molar-refractivity contribution >= 4 is 27.5 Å². The summed E-state index contributed by atoms with van der Waals surface area (Å²) in [5.41, 5.74) is 1.77. The topological polar surface area (TPSA) is 47.6 Å². The fraction of sp³-hybridized carbons (Fsp3) is 0.409. The van der Waals surface area contributed by atoms with E-state index in [0.717, 1.165) is 22.2 Å². The number of nitrogens with one attached hydrogen (secondary N) is 1. The Kier molecular flexibility index (Phi) is 9.19. The maximum Gasteiger partial charge on any atom is 0.262 e. The van der Waals surface area contributed by atoms with Crippen LogP contribution in [0.1, 0.15) is 44.6 Å². The molecule has 0 aliphatic rings. The van der Waals surface area contributed by atoms with Crippen molar-refractivity contribution in [2.75, 3.05) is 18.5 Å². The molecule has 2 rings (SSSR count). The Labute approximate surface area is 170 Å². The Balaban J connectivity index is 1.75. The summed E-state index contributed by atoms with van der Waals surface area (Å²) in [5, 5.41) is 2.84. The first-order valence-corrected chi connectivity index (χ1v) is 10.3. The molecule has 2 aromatic carbocycles. The van der Waals surface area contributed by atoms with Gasteiger partial charge in [0.2, 0.25) is 0 Å². The van der Waals surface area contributed by atoms with Crippen LogP contribution in [0.4, 0.5) is 5.69 Å². The summed E-state index contributed by atoms with van der Waals surface area (Å²) in [7, 11) is 0. The molecule has 27 heavy (non-hydrogen) atoms. The van der Waals surface area contributed by atoms with Gasteiger partial charge in [-0.05, 0) is 49.2 Å². The number of anilines is 1. The zero-order valence-corrected chi connectivity index (χ0v) is 17.7. The van der Waals surface area contributed by atoms with Gasteiger partial charge in [0.05, 0.1) is 6.61 Å². The number of carbonyl (C=O) groups is 1. The summed E-state index contributed by atoms with van der Waals surface area (Å²) in [6, 6.07) is 13.1. The van der Waals surface area contributed by atoms with E-state index in [0.29, 0.717) is 18.0 Å². The number of aryl methyl sites for hydroxylation is 1. The lowest BCUT2D eigenvalue weighted by Crippen LogP contribution is -2.20. The smallest absolute Gasteiger partial charge is 0.262 e. The van der Waals surface area contributed by atoms with E-state index in [4.69, 9.17) is 9.47 Å². The molecule has 0 heterocycles.